The summed E-state index contributed by atoms with van der Waals surface area (Å²) in [7, 11) is 0. The molecule has 0 aliphatic carbocycles. The molecule has 9 rings (SSSR count). The molecule has 0 saturated heterocycles. The van der Waals surface area contributed by atoms with E-state index in [9.17, 15) is 0 Å². The third-order valence-electron chi connectivity index (χ3n) is 9.02. The summed E-state index contributed by atoms with van der Waals surface area (Å²) in [4.78, 5) is 10.3. The average Bonchev–Trinajstić information content (AvgIpc) is 3.60. The van der Waals surface area contributed by atoms with Crippen LogP contribution in [0.1, 0.15) is 0 Å². The first-order valence-electron chi connectivity index (χ1n) is 16.5. The Morgan fingerprint density at radius 2 is 0.918 bits per heavy atom. The summed E-state index contributed by atoms with van der Waals surface area (Å²) in [5, 5.41) is 8.65. The minimum atomic E-state index is 0.685. The number of fused-ring (bicyclic) bond motifs is 3. The smallest absolute Gasteiger partial charge is 0.160 e. The quantitative estimate of drug-likeness (QED) is 0.184. The molecule has 49 heavy (non-hydrogen) atoms. The first-order chi connectivity index (χ1) is 24.3. The molecule has 0 aliphatic heterocycles. The number of aromatic nitrogens is 4. The van der Waals surface area contributed by atoms with Gasteiger partial charge in [-0.25, -0.2) is 14.6 Å². The van der Waals surface area contributed by atoms with Gasteiger partial charge in [-0.15, -0.1) is 0 Å². The van der Waals surface area contributed by atoms with Crippen molar-refractivity contribution in [2.45, 2.75) is 0 Å². The zero-order valence-corrected chi connectivity index (χ0v) is 26.6. The summed E-state index contributed by atoms with van der Waals surface area (Å²) in [5.41, 5.74) is 11.2. The molecule has 9 aromatic rings. The molecule has 0 atom stereocenters. The molecule has 0 radical (unpaired) electrons. The Labute approximate surface area is 284 Å². The van der Waals surface area contributed by atoms with Crippen LogP contribution in [0, 0.1) is 0 Å². The van der Waals surface area contributed by atoms with E-state index in [1.54, 1.807) is 0 Å². The van der Waals surface area contributed by atoms with Crippen molar-refractivity contribution >= 4 is 21.7 Å². The van der Waals surface area contributed by atoms with Crippen LogP contribution in [0.15, 0.2) is 182 Å². The highest BCUT2D eigenvalue weighted by Crippen LogP contribution is 2.42. The predicted octanol–water partition coefficient (Wildman–Crippen LogP) is 11.3. The van der Waals surface area contributed by atoms with E-state index < -0.39 is 0 Å². The lowest BCUT2D eigenvalue weighted by molar-refractivity contribution is 0.918. The van der Waals surface area contributed by atoms with E-state index in [2.05, 4.69) is 138 Å². The summed E-state index contributed by atoms with van der Waals surface area (Å²) >= 11 is 0. The molecule has 4 heteroatoms. The maximum Gasteiger partial charge on any atom is 0.160 e. The van der Waals surface area contributed by atoms with Crippen molar-refractivity contribution in [2.24, 2.45) is 0 Å². The van der Waals surface area contributed by atoms with Crippen molar-refractivity contribution < 1.29 is 0 Å². The second-order valence-corrected chi connectivity index (χ2v) is 12.1. The van der Waals surface area contributed by atoms with Gasteiger partial charge in [-0.1, -0.05) is 152 Å². The van der Waals surface area contributed by atoms with Crippen LogP contribution in [0.3, 0.4) is 0 Å². The van der Waals surface area contributed by atoms with Crippen LogP contribution in [-0.2, 0) is 0 Å². The lowest BCUT2D eigenvalue weighted by atomic mass is 9.93. The number of rotatable bonds is 6. The summed E-state index contributed by atoms with van der Waals surface area (Å²) in [6.45, 7) is 0. The Balaban J connectivity index is 1.34. The largest absolute Gasteiger partial charge is 0.232 e. The Morgan fingerprint density at radius 1 is 0.408 bits per heavy atom. The maximum absolute atomic E-state index is 5.33. The van der Waals surface area contributed by atoms with E-state index in [0.717, 1.165) is 77.8 Å². The van der Waals surface area contributed by atoms with E-state index in [0.29, 0.717) is 5.82 Å². The van der Waals surface area contributed by atoms with Gasteiger partial charge in [0.15, 0.2) is 5.82 Å². The Morgan fingerprint density at radius 3 is 1.49 bits per heavy atom. The lowest BCUT2D eigenvalue weighted by Crippen LogP contribution is -1.98. The highest BCUT2D eigenvalue weighted by Gasteiger charge is 2.22. The molecular weight excluding hydrogens is 597 g/mol. The van der Waals surface area contributed by atoms with E-state index >= 15 is 0 Å². The number of hydrogen-bond acceptors (Lipinski definition) is 3. The van der Waals surface area contributed by atoms with Crippen molar-refractivity contribution in [3.05, 3.63) is 182 Å². The average molecular weight is 627 g/mol. The van der Waals surface area contributed by atoms with E-state index in [1.165, 1.54) is 0 Å². The molecule has 0 fully saturated rings. The highest BCUT2D eigenvalue weighted by atomic mass is 15.3. The van der Waals surface area contributed by atoms with Crippen molar-refractivity contribution in [3.63, 3.8) is 0 Å². The van der Waals surface area contributed by atoms with E-state index in [-0.39, 0.29) is 0 Å². The Bertz CT molecular complexity index is 2500. The van der Waals surface area contributed by atoms with Gasteiger partial charge in [0, 0.05) is 33.0 Å². The summed E-state index contributed by atoms with van der Waals surface area (Å²) < 4.78 is 2.10. The molecule has 230 valence electrons. The fourth-order valence-electron chi connectivity index (χ4n) is 6.68. The molecule has 4 nitrogen and oxygen atoms in total. The second kappa shape index (κ2) is 12.2. The first kappa shape index (κ1) is 28.6. The Kier molecular flexibility index (Phi) is 7.10. The van der Waals surface area contributed by atoms with Gasteiger partial charge < -0.3 is 0 Å². The van der Waals surface area contributed by atoms with Crippen LogP contribution in [0.2, 0.25) is 0 Å². The second-order valence-electron chi connectivity index (χ2n) is 12.1. The summed E-state index contributed by atoms with van der Waals surface area (Å²) in [5.74, 6) is 0.685. The summed E-state index contributed by atoms with van der Waals surface area (Å²) in [6.07, 6.45) is 0. The minimum absolute atomic E-state index is 0.685. The standard InChI is InChI=1S/C45H30N4/c1-6-16-31(17-7-1)39-29-36-28-35(45-46-40(32-18-8-2-9-19-32)30-41(47-45)33-20-10-3-11-21-33)26-27-38(36)44-42(39)43(34-22-12-4-13-23-34)48-49(44)37-24-14-5-15-25-37/h1-30H. The topological polar surface area (TPSA) is 43.6 Å². The summed E-state index contributed by atoms with van der Waals surface area (Å²) in [6, 6.07) is 63.1. The predicted molar refractivity (Wildman–Crippen MR) is 201 cm³/mol. The molecule has 2 aromatic heterocycles. The molecule has 0 aliphatic rings. The van der Waals surface area contributed by atoms with Crippen LogP contribution in [0.5, 0.6) is 0 Å². The van der Waals surface area contributed by atoms with Crippen LogP contribution >= 0.6 is 0 Å². The van der Waals surface area contributed by atoms with Crippen molar-refractivity contribution in [1.29, 1.82) is 0 Å². The fraction of sp³-hybridized carbons (Fsp3) is 0. The van der Waals surface area contributed by atoms with E-state index in [1.807, 2.05) is 48.5 Å². The molecule has 0 unspecified atom stereocenters. The third-order valence-corrected chi connectivity index (χ3v) is 9.02. The van der Waals surface area contributed by atoms with Gasteiger partial charge in [-0.2, -0.15) is 5.10 Å². The molecule has 0 N–H and O–H groups in total. The Hall–Kier alpha value is -6.65. The van der Waals surface area contributed by atoms with E-state index in [4.69, 9.17) is 15.1 Å². The monoisotopic (exact) mass is 626 g/mol. The van der Waals surface area contributed by atoms with Gasteiger partial charge in [0.05, 0.1) is 22.6 Å². The molecule has 2 heterocycles. The van der Waals surface area contributed by atoms with Crippen LogP contribution in [-0.4, -0.2) is 19.7 Å². The molecule has 0 amide bonds. The van der Waals surface area contributed by atoms with Gasteiger partial charge in [0.2, 0.25) is 0 Å². The van der Waals surface area contributed by atoms with Gasteiger partial charge in [0.25, 0.3) is 0 Å². The van der Waals surface area contributed by atoms with Crippen LogP contribution in [0.4, 0.5) is 0 Å². The number of nitrogens with zero attached hydrogens (tertiary/aromatic N) is 4. The normalized spacial score (nSPS) is 11.3. The highest BCUT2D eigenvalue weighted by molar-refractivity contribution is 6.17. The first-order valence-corrected chi connectivity index (χ1v) is 16.5. The van der Waals surface area contributed by atoms with Crippen molar-refractivity contribution in [2.75, 3.05) is 0 Å². The molecule has 0 bridgehead atoms. The number of hydrogen-bond donors (Lipinski definition) is 0. The van der Waals surface area contributed by atoms with Gasteiger partial charge in [0.1, 0.15) is 5.69 Å². The minimum Gasteiger partial charge on any atom is -0.232 e. The van der Waals surface area contributed by atoms with Crippen LogP contribution < -0.4 is 0 Å². The third kappa shape index (κ3) is 5.26. The molecular formula is C45H30N4. The maximum atomic E-state index is 5.33. The zero-order chi connectivity index (χ0) is 32.6. The number of para-hydroxylation sites is 1. The van der Waals surface area contributed by atoms with Gasteiger partial charge in [-0.05, 0) is 46.8 Å². The molecule has 0 spiro atoms. The fourth-order valence-corrected chi connectivity index (χ4v) is 6.68. The zero-order valence-electron chi connectivity index (χ0n) is 26.6. The van der Waals surface area contributed by atoms with Gasteiger partial charge in [-0.3, -0.25) is 0 Å². The SMILES string of the molecule is c1ccc(-c2cc(-c3ccccc3)nc(-c3ccc4c(c3)cc(-c3ccccc3)c3c(-c5ccccc5)nn(-c5ccccc5)c34)n2)cc1. The van der Waals surface area contributed by atoms with Crippen molar-refractivity contribution in [3.8, 4) is 62.0 Å². The van der Waals surface area contributed by atoms with Crippen LogP contribution in [0.25, 0.3) is 83.6 Å². The van der Waals surface area contributed by atoms with Gasteiger partial charge >= 0.3 is 0 Å². The lowest BCUT2D eigenvalue weighted by Gasteiger charge is -2.13. The molecule has 7 aromatic carbocycles. The molecule has 0 saturated carbocycles. The van der Waals surface area contributed by atoms with Crippen molar-refractivity contribution in [1.82, 2.24) is 19.7 Å². The number of benzene rings is 7.